The fourth-order valence-electron chi connectivity index (χ4n) is 7.53. The Morgan fingerprint density at radius 2 is 0.911 bits per heavy atom. The van der Waals surface area contributed by atoms with Crippen LogP contribution in [0.2, 0.25) is 0 Å². The van der Waals surface area contributed by atoms with Crippen LogP contribution in [0, 0.1) is 0 Å². The molecule has 10 rings (SSSR count). The minimum absolute atomic E-state index is 1.09. The third-order valence-corrected chi connectivity index (χ3v) is 9.31. The Labute approximate surface area is 258 Å². The van der Waals surface area contributed by atoms with E-state index in [0.29, 0.717) is 0 Å². The topological polar surface area (TPSA) is 27.7 Å². The Morgan fingerprint density at radius 3 is 1.60 bits per heavy atom. The lowest BCUT2D eigenvalue weighted by atomic mass is 10.1. The summed E-state index contributed by atoms with van der Waals surface area (Å²) in [6.45, 7) is 0. The van der Waals surface area contributed by atoms with E-state index in [0.717, 1.165) is 28.1 Å². The molecular formula is C41H26N4. The molecule has 4 heteroatoms. The number of para-hydroxylation sites is 4. The molecule has 0 fully saturated rings. The highest BCUT2D eigenvalue weighted by Gasteiger charge is 2.23. The number of aromatic nitrogens is 4. The summed E-state index contributed by atoms with van der Waals surface area (Å²) in [4.78, 5) is 4.57. The lowest BCUT2D eigenvalue weighted by Gasteiger charge is -2.14. The molecule has 0 saturated heterocycles. The van der Waals surface area contributed by atoms with Crippen LogP contribution < -0.4 is 0 Å². The van der Waals surface area contributed by atoms with Crippen LogP contribution >= 0.6 is 0 Å². The first-order valence-corrected chi connectivity index (χ1v) is 15.3. The second-order valence-electron chi connectivity index (χ2n) is 11.6. The summed E-state index contributed by atoms with van der Waals surface area (Å²) in [6, 6.07) is 52.4. The molecule has 210 valence electrons. The zero-order chi connectivity index (χ0) is 29.5. The number of hydrogen-bond acceptors (Lipinski definition) is 1. The van der Waals surface area contributed by atoms with Crippen molar-refractivity contribution < 1.29 is 0 Å². The van der Waals surface area contributed by atoms with Gasteiger partial charge < -0.3 is 13.7 Å². The van der Waals surface area contributed by atoms with Gasteiger partial charge in [-0.2, -0.15) is 0 Å². The molecule has 10 aromatic rings. The second-order valence-corrected chi connectivity index (χ2v) is 11.6. The van der Waals surface area contributed by atoms with Crippen LogP contribution in [-0.4, -0.2) is 18.7 Å². The van der Waals surface area contributed by atoms with Gasteiger partial charge in [0.05, 0.1) is 45.0 Å². The van der Waals surface area contributed by atoms with E-state index in [1.165, 1.54) is 54.4 Å². The molecule has 0 aliphatic carbocycles. The molecule has 4 aromatic heterocycles. The van der Waals surface area contributed by atoms with E-state index in [4.69, 9.17) is 0 Å². The van der Waals surface area contributed by atoms with Crippen LogP contribution in [0.15, 0.2) is 158 Å². The fourth-order valence-corrected chi connectivity index (χ4v) is 7.53. The molecule has 0 saturated carbocycles. The molecule has 45 heavy (non-hydrogen) atoms. The molecular weight excluding hydrogens is 548 g/mol. The quantitative estimate of drug-likeness (QED) is 0.206. The first-order chi connectivity index (χ1) is 22.4. The lowest BCUT2D eigenvalue weighted by Crippen LogP contribution is -1.99. The number of benzene rings is 6. The van der Waals surface area contributed by atoms with Gasteiger partial charge in [0.15, 0.2) is 0 Å². The summed E-state index contributed by atoms with van der Waals surface area (Å²) in [5.41, 5.74) is 10.5. The van der Waals surface area contributed by atoms with Crippen molar-refractivity contribution in [3.8, 4) is 17.1 Å². The van der Waals surface area contributed by atoms with Crippen LogP contribution in [0.4, 0.5) is 0 Å². The molecule has 4 heterocycles. The Bertz CT molecular complexity index is 2750. The molecule has 0 amide bonds. The van der Waals surface area contributed by atoms with Crippen LogP contribution in [0.25, 0.3) is 82.5 Å². The van der Waals surface area contributed by atoms with Gasteiger partial charge >= 0.3 is 0 Å². The first-order valence-electron chi connectivity index (χ1n) is 15.3. The van der Waals surface area contributed by atoms with Crippen LogP contribution in [0.5, 0.6) is 0 Å². The summed E-state index contributed by atoms with van der Waals surface area (Å²) >= 11 is 0. The number of fused-ring (bicyclic) bond motifs is 10. The highest BCUT2D eigenvalue weighted by molar-refractivity contribution is 6.25. The van der Waals surface area contributed by atoms with Crippen molar-refractivity contribution in [3.63, 3.8) is 0 Å². The summed E-state index contributed by atoms with van der Waals surface area (Å²) < 4.78 is 7.29. The van der Waals surface area contributed by atoms with Gasteiger partial charge in [-0.25, -0.2) is 0 Å². The fraction of sp³-hybridized carbons (Fsp3) is 0. The minimum atomic E-state index is 1.09. The van der Waals surface area contributed by atoms with Gasteiger partial charge in [-0.15, -0.1) is 0 Å². The van der Waals surface area contributed by atoms with E-state index >= 15 is 0 Å². The summed E-state index contributed by atoms with van der Waals surface area (Å²) in [7, 11) is 0. The molecule has 0 spiro atoms. The number of pyridine rings is 1. The van der Waals surface area contributed by atoms with Gasteiger partial charge in [0, 0.05) is 49.9 Å². The highest BCUT2D eigenvalue weighted by atomic mass is 15.1. The van der Waals surface area contributed by atoms with E-state index in [2.05, 4.69) is 164 Å². The standard InChI is InChI=1S/C41H26N4/c1-3-12-27(13-4-1)43-36-20-11-21-37(39(36)33-24-25-42-26-38(33)43)45-35-19-10-8-17-30(35)32-23-22-31-29-16-7-9-18-34(29)44(40(31)41(32)45)28-14-5-2-6-15-28/h1-26H. The molecule has 0 aliphatic heterocycles. The van der Waals surface area contributed by atoms with Crippen molar-refractivity contribution in [3.05, 3.63) is 158 Å². The van der Waals surface area contributed by atoms with Gasteiger partial charge in [-0.3, -0.25) is 4.98 Å². The Morgan fingerprint density at radius 1 is 0.356 bits per heavy atom. The maximum atomic E-state index is 4.57. The van der Waals surface area contributed by atoms with Crippen LogP contribution in [0.1, 0.15) is 0 Å². The molecule has 0 aliphatic rings. The number of nitrogens with zero attached hydrogens (tertiary/aromatic N) is 4. The Kier molecular flexibility index (Phi) is 4.96. The summed E-state index contributed by atoms with van der Waals surface area (Å²) in [6.07, 6.45) is 3.90. The van der Waals surface area contributed by atoms with E-state index in [-0.39, 0.29) is 0 Å². The van der Waals surface area contributed by atoms with Crippen molar-refractivity contribution in [2.45, 2.75) is 0 Å². The third-order valence-electron chi connectivity index (χ3n) is 9.31. The van der Waals surface area contributed by atoms with Gasteiger partial charge in [0.1, 0.15) is 0 Å². The van der Waals surface area contributed by atoms with E-state index in [1.54, 1.807) is 0 Å². The zero-order valence-electron chi connectivity index (χ0n) is 24.3. The first kappa shape index (κ1) is 24.3. The molecule has 0 radical (unpaired) electrons. The van der Waals surface area contributed by atoms with E-state index in [1.807, 2.05) is 12.4 Å². The van der Waals surface area contributed by atoms with Crippen molar-refractivity contribution >= 4 is 65.4 Å². The lowest BCUT2D eigenvalue weighted by molar-refractivity contribution is 1.15. The Balaban J connectivity index is 1.45. The van der Waals surface area contributed by atoms with E-state index in [9.17, 15) is 0 Å². The number of rotatable bonds is 3. The van der Waals surface area contributed by atoms with Crippen LogP contribution in [-0.2, 0) is 0 Å². The normalized spacial score (nSPS) is 12.0. The molecule has 0 atom stereocenters. The van der Waals surface area contributed by atoms with Gasteiger partial charge in [0.2, 0.25) is 0 Å². The highest BCUT2D eigenvalue weighted by Crippen LogP contribution is 2.44. The SMILES string of the molecule is c1ccc(-n2c3cnccc3c3c(-n4c5ccccc5c5ccc6c7ccccc7n(-c7ccccc7)c6c54)cccc32)cc1. The Hall–Kier alpha value is -6.13. The van der Waals surface area contributed by atoms with Crippen LogP contribution in [0.3, 0.4) is 0 Å². The predicted molar refractivity (Wildman–Crippen MR) is 187 cm³/mol. The summed E-state index contributed by atoms with van der Waals surface area (Å²) in [5, 5.41) is 7.37. The van der Waals surface area contributed by atoms with Crippen molar-refractivity contribution in [2.75, 3.05) is 0 Å². The monoisotopic (exact) mass is 574 g/mol. The van der Waals surface area contributed by atoms with Gasteiger partial charge in [0.25, 0.3) is 0 Å². The molecule has 0 unspecified atom stereocenters. The predicted octanol–water partition coefficient (Wildman–Crippen LogP) is 10.4. The van der Waals surface area contributed by atoms with E-state index < -0.39 is 0 Å². The molecule has 0 bridgehead atoms. The second kappa shape index (κ2) is 9.18. The van der Waals surface area contributed by atoms with Gasteiger partial charge in [-0.1, -0.05) is 91.0 Å². The van der Waals surface area contributed by atoms with Crippen molar-refractivity contribution in [2.24, 2.45) is 0 Å². The maximum Gasteiger partial charge on any atom is 0.0789 e. The third kappa shape index (κ3) is 3.28. The average Bonchev–Trinajstić information content (AvgIpc) is 3.75. The molecule has 0 N–H and O–H groups in total. The van der Waals surface area contributed by atoms with Crippen molar-refractivity contribution in [1.82, 2.24) is 18.7 Å². The number of hydrogen-bond donors (Lipinski definition) is 0. The largest absolute Gasteiger partial charge is 0.308 e. The summed E-state index contributed by atoms with van der Waals surface area (Å²) in [5.74, 6) is 0. The average molecular weight is 575 g/mol. The smallest absolute Gasteiger partial charge is 0.0789 e. The van der Waals surface area contributed by atoms with Gasteiger partial charge in [-0.05, 0) is 54.6 Å². The molecule has 4 nitrogen and oxygen atoms in total. The molecule has 6 aromatic carbocycles. The van der Waals surface area contributed by atoms with Crippen molar-refractivity contribution in [1.29, 1.82) is 0 Å². The maximum absolute atomic E-state index is 4.57. The zero-order valence-corrected chi connectivity index (χ0v) is 24.3. The minimum Gasteiger partial charge on any atom is -0.308 e.